The minimum atomic E-state index is -3.34. The number of nitrogens with zero attached hydrogens (tertiary/aromatic N) is 4. The topological polar surface area (TPSA) is 147 Å². The monoisotopic (exact) mass is 501 g/mol. The number of imidazole rings is 1. The Labute approximate surface area is 190 Å². The van der Waals surface area contributed by atoms with Crippen LogP contribution in [0.4, 0.5) is 14.6 Å². The van der Waals surface area contributed by atoms with Crippen LogP contribution in [0.2, 0.25) is 0 Å². The fourth-order valence-corrected chi connectivity index (χ4v) is 5.68. The molecule has 5 rings (SSSR count). The Hall–Kier alpha value is -2.16. The summed E-state index contributed by atoms with van der Waals surface area (Å²) < 4.78 is 51.4. The molecule has 3 aromatic rings. The third kappa shape index (κ3) is 4.13. The van der Waals surface area contributed by atoms with E-state index < -0.39 is 49.0 Å². The highest BCUT2D eigenvalue weighted by molar-refractivity contribution is 8.07. The van der Waals surface area contributed by atoms with Crippen LogP contribution >= 0.6 is 6.72 Å². The molecule has 0 bridgehead atoms. The summed E-state index contributed by atoms with van der Waals surface area (Å²) in [5, 5.41) is 21.0. The van der Waals surface area contributed by atoms with Crippen molar-refractivity contribution >= 4 is 35.5 Å². The first-order chi connectivity index (χ1) is 15.8. The summed E-state index contributed by atoms with van der Waals surface area (Å²) in [6.07, 6.45) is -3.06. The maximum Gasteiger partial charge on any atom is 0.328 e. The summed E-state index contributed by atoms with van der Waals surface area (Å²) in [6.45, 7) is -3.75. The zero-order chi connectivity index (χ0) is 23.3. The van der Waals surface area contributed by atoms with Crippen molar-refractivity contribution in [1.82, 2.24) is 19.5 Å². The molecule has 0 radical (unpaired) electrons. The molecule has 0 aliphatic carbocycles. The number of rotatable bonds is 5. The molecule has 0 saturated carbocycles. The van der Waals surface area contributed by atoms with Gasteiger partial charge in [0.15, 0.2) is 17.7 Å². The van der Waals surface area contributed by atoms with Crippen LogP contribution in [0, 0.1) is 11.6 Å². The summed E-state index contributed by atoms with van der Waals surface area (Å²) >= 11 is 5.29. The first-order valence-electron chi connectivity index (χ1n) is 9.73. The maximum atomic E-state index is 14.0. The van der Waals surface area contributed by atoms with Gasteiger partial charge in [-0.3, -0.25) is 9.09 Å². The van der Waals surface area contributed by atoms with E-state index >= 15 is 0 Å². The molecule has 0 amide bonds. The Bertz CT molecular complexity index is 1250. The van der Waals surface area contributed by atoms with E-state index in [4.69, 9.17) is 35.8 Å². The van der Waals surface area contributed by atoms with Crippen molar-refractivity contribution in [3.05, 3.63) is 48.1 Å². The molecule has 2 saturated heterocycles. The molecule has 0 spiro atoms. The number of aliphatic hydroxyl groups excluding tert-OH is 2. The van der Waals surface area contributed by atoms with Gasteiger partial charge in [0, 0.05) is 5.56 Å². The number of ether oxygens (including phenoxy) is 1. The molecule has 1 aromatic carbocycles. The highest BCUT2D eigenvalue weighted by Crippen LogP contribution is 2.59. The second-order valence-corrected chi connectivity index (χ2v) is 10.4. The second-order valence-electron chi connectivity index (χ2n) is 7.43. The number of nitrogens with two attached hydrogens (primary N) is 1. The van der Waals surface area contributed by atoms with Crippen LogP contribution in [0.1, 0.15) is 17.9 Å². The summed E-state index contributed by atoms with van der Waals surface area (Å²) in [7, 11) is 0. The van der Waals surface area contributed by atoms with Gasteiger partial charge in [0.1, 0.15) is 47.9 Å². The smallest absolute Gasteiger partial charge is 0.328 e. The molecule has 6 atom stereocenters. The molecule has 2 unspecified atom stereocenters. The van der Waals surface area contributed by atoms with E-state index in [1.807, 2.05) is 0 Å². The fourth-order valence-electron chi connectivity index (χ4n) is 3.67. The molecular weight excluding hydrogens is 483 g/mol. The summed E-state index contributed by atoms with van der Waals surface area (Å²) in [4.78, 5) is 12.1. The SMILES string of the molecule is Nc1ncnc2c1ncn2[C@@H]1O[C@H](COP2(=S)OCC(c3cc(F)ccc3F)O2)[C@@H](O)[C@H]1O. The van der Waals surface area contributed by atoms with Gasteiger partial charge in [-0.1, -0.05) is 0 Å². The quantitative estimate of drug-likeness (QED) is 0.435. The first kappa shape index (κ1) is 22.6. The van der Waals surface area contributed by atoms with Gasteiger partial charge < -0.3 is 29.7 Å². The lowest BCUT2D eigenvalue weighted by Gasteiger charge is -2.19. The van der Waals surface area contributed by atoms with Crippen molar-refractivity contribution in [3.8, 4) is 0 Å². The van der Waals surface area contributed by atoms with Crippen molar-refractivity contribution in [2.24, 2.45) is 0 Å². The number of halogens is 2. The van der Waals surface area contributed by atoms with Crippen LogP contribution < -0.4 is 5.73 Å². The maximum absolute atomic E-state index is 14.0. The highest BCUT2D eigenvalue weighted by atomic mass is 32.5. The molecule has 15 heteroatoms. The van der Waals surface area contributed by atoms with Crippen LogP contribution in [0.3, 0.4) is 0 Å². The van der Waals surface area contributed by atoms with Crippen LogP contribution in [0.5, 0.6) is 0 Å². The minimum Gasteiger partial charge on any atom is -0.387 e. The number of hydrogen-bond donors (Lipinski definition) is 3. The Morgan fingerprint density at radius 1 is 1.24 bits per heavy atom. The van der Waals surface area contributed by atoms with Crippen LogP contribution in [0.15, 0.2) is 30.9 Å². The van der Waals surface area contributed by atoms with Gasteiger partial charge in [-0.2, -0.15) is 0 Å². The number of hydrogen-bond acceptors (Lipinski definition) is 11. The summed E-state index contributed by atoms with van der Waals surface area (Å²) in [5.74, 6) is -1.13. The average Bonchev–Trinajstić information content (AvgIpc) is 3.47. The van der Waals surface area contributed by atoms with Crippen LogP contribution in [-0.4, -0.2) is 61.3 Å². The Kier molecular flexibility index (Phi) is 5.87. The third-order valence-corrected chi connectivity index (χ3v) is 7.67. The normalized spacial score (nSPS) is 32.1. The molecule has 176 valence electrons. The molecule has 2 aliphatic rings. The predicted octanol–water partition coefficient (Wildman–Crippen LogP) is 1.34. The van der Waals surface area contributed by atoms with Crippen molar-refractivity contribution in [1.29, 1.82) is 0 Å². The zero-order valence-electron chi connectivity index (χ0n) is 16.7. The van der Waals surface area contributed by atoms with Gasteiger partial charge in [0.25, 0.3) is 0 Å². The van der Waals surface area contributed by atoms with Crippen molar-refractivity contribution in [2.45, 2.75) is 30.6 Å². The predicted molar refractivity (Wildman–Crippen MR) is 112 cm³/mol. The molecule has 33 heavy (non-hydrogen) atoms. The van der Waals surface area contributed by atoms with Gasteiger partial charge >= 0.3 is 6.72 Å². The zero-order valence-corrected chi connectivity index (χ0v) is 18.4. The standard InChI is InChI=1S/C18H18F2N5O6PS/c19-8-1-2-10(20)9(3-8)11-4-28-32(33,31-11)29-5-12-14(26)15(27)18(30-12)25-7-24-13-16(21)22-6-23-17(13)25/h1-3,6-7,11-12,14-15,18,26-27H,4-5H2,(H2,21,22,23)/t11?,12-,14-,15-,18-,32?/m1/s1. The summed E-state index contributed by atoms with van der Waals surface area (Å²) in [6, 6.07) is 2.98. The molecule has 2 fully saturated rings. The number of nitrogen functional groups attached to an aromatic ring is 1. The van der Waals surface area contributed by atoms with E-state index in [0.29, 0.717) is 11.2 Å². The number of anilines is 1. The summed E-state index contributed by atoms with van der Waals surface area (Å²) in [5.41, 5.74) is 6.38. The Morgan fingerprint density at radius 2 is 2.06 bits per heavy atom. The lowest BCUT2D eigenvalue weighted by molar-refractivity contribution is -0.0488. The average molecular weight is 501 g/mol. The van der Waals surface area contributed by atoms with Gasteiger partial charge in [-0.25, -0.2) is 23.7 Å². The number of fused-ring (bicyclic) bond motifs is 1. The van der Waals surface area contributed by atoms with Gasteiger partial charge in [-0.15, -0.1) is 0 Å². The molecular formula is C18H18F2N5O6PS. The lowest BCUT2D eigenvalue weighted by atomic mass is 10.1. The highest BCUT2D eigenvalue weighted by Gasteiger charge is 2.46. The molecule has 2 aliphatic heterocycles. The molecule has 4 N–H and O–H groups in total. The third-order valence-electron chi connectivity index (χ3n) is 5.34. The van der Waals surface area contributed by atoms with Crippen molar-refractivity contribution in [2.75, 3.05) is 18.9 Å². The lowest BCUT2D eigenvalue weighted by Crippen LogP contribution is -2.33. The van der Waals surface area contributed by atoms with Gasteiger partial charge in [0.2, 0.25) is 0 Å². The first-order valence-corrected chi connectivity index (χ1v) is 12.3. The van der Waals surface area contributed by atoms with E-state index in [1.165, 1.54) is 17.2 Å². The van der Waals surface area contributed by atoms with Gasteiger partial charge in [-0.05, 0) is 30.0 Å². The van der Waals surface area contributed by atoms with Crippen molar-refractivity contribution in [3.63, 3.8) is 0 Å². The number of aromatic nitrogens is 4. The van der Waals surface area contributed by atoms with Gasteiger partial charge in [0.05, 0.1) is 19.5 Å². The van der Waals surface area contributed by atoms with Crippen LogP contribution in [0.25, 0.3) is 11.2 Å². The Balaban J connectivity index is 1.27. The van der Waals surface area contributed by atoms with E-state index in [-0.39, 0.29) is 24.6 Å². The van der Waals surface area contributed by atoms with E-state index in [2.05, 4.69) is 15.0 Å². The molecule has 4 heterocycles. The fraction of sp³-hybridized carbons (Fsp3) is 0.389. The van der Waals surface area contributed by atoms with Crippen molar-refractivity contribution < 1.29 is 37.3 Å². The molecule has 2 aromatic heterocycles. The largest absolute Gasteiger partial charge is 0.387 e. The van der Waals surface area contributed by atoms with E-state index in [9.17, 15) is 19.0 Å². The van der Waals surface area contributed by atoms with Crippen LogP contribution in [-0.2, 0) is 30.1 Å². The number of benzene rings is 1. The minimum absolute atomic E-state index is 0.0359. The molecule has 11 nitrogen and oxygen atoms in total. The second kappa shape index (κ2) is 8.56. The van der Waals surface area contributed by atoms with E-state index in [0.717, 1.165) is 18.2 Å². The Morgan fingerprint density at radius 3 is 2.88 bits per heavy atom. The number of aliphatic hydroxyl groups is 2. The van der Waals surface area contributed by atoms with E-state index in [1.54, 1.807) is 0 Å².